The number of carbonyl (C=O) groups excluding carboxylic acids is 1. The van der Waals surface area contributed by atoms with Crippen molar-refractivity contribution in [2.45, 2.75) is 11.2 Å². The molecule has 1 aliphatic carbocycles. The fourth-order valence-electron chi connectivity index (χ4n) is 4.27. The molecule has 2 aliphatic heterocycles. The van der Waals surface area contributed by atoms with Gasteiger partial charge in [-0.15, -0.1) is 0 Å². The summed E-state index contributed by atoms with van der Waals surface area (Å²) in [5, 5.41) is 5.27. The minimum absolute atomic E-state index is 0.122. The van der Waals surface area contributed by atoms with Crippen LogP contribution in [0, 0.1) is 0 Å². The second-order valence-corrected chi connectivity index (χ2v) is 7.75. The number of hydrogen-bond donors (Lipinski definition) is 1. The second-order valence-electron chi connectivity index (χ2n) is 6.64. The van der Waals surface area contributed by atoms with Gasteiger partial charge in [0.2, 0.25) is 5.12 Å². The van der Waals surface area contributed by atoms with Crippen LogP contribution in [0.15, 0.2) is 60.9 Å². The standard InChI is InChI=1S/C21H13NOS/c23-21-19-15-5-11-3-1-2-4-12(11)6-17(15)20(24-21)18-8-14-10-22-9-13(14)7-16(18)19/h1-10,19-20,22H. The molecule has 3 heterocycles. The molecule has 3 heteroatoms. The highest BCUT2D eigenvalue weighted by molar-refractivity contribution is 8.14. The van der Waals surface area contributed by atoms with Crippen molar-refractivity contribution in [1.82, 2.24) is 4.98 Å². The molecule has 0 amide bonds. The van der Waals surface area contributed by atoms with Crippen molar-refractivity contribution in [3.63, 3.8) is 0 Å². The Bertz CT molecular complexity index is 1170. The number of carbonyl (C=O) groups is 1. The Morgan fingerprint density at radius 1 is 0.750 bits per heavy atom. The Morgan fingerprint density at radius 3 is 1.96 bits per heavy atom. The molecule has 0 saturated carbocycles. The van der Waals surface area contributed by atoms with E-state index in [-0.39, 0.29) is 16.3 Å². The minimum Gasteiger partial charge on any atom is -0.366 e. The molecule has 7 rings (SSSR count). The van der Waals surface area contributed by atoms with Crippen LogP contribution in [0.25, 0.3) is 21.5 Å². The largest absolute Gasteiger partial charge is 0.366 e. The van der Waals surface area contributed by atoms with Crippen molar-refractivity contribution >= 4 is 38.4 Å². The third kappa shape index (κ3) is 1.51. The van der Waals surface area contributed by atoms with Crippen molar-refractivity contribution in [1.29, 1.82) is 0 Å². The highest BCUT2D eigenvalue weighted by Gasteiger charge is 2.43. The SMILES string of the molecule is O=C1SC2c3cc4ccccc4cc3C1c1cc3c[nH]cc3cc12. The van der Waals surface area contributed by atoms with E-state index < -0.39 is 0 Å². The van der Waals surface area contributed by atoms with Crippen molar-refractivity contribution in [3.05, 3.63) is 83.2 Å². The van der Waals surface area contributed by atoms with Gasteiger partial charge in [-0.05, 0) is 68.1 Å². The molecule has 2 nitrogen and oxygen atoms in total. The maximum absolute atomic E-state index is 12.7. The summed E-state index contributed by atoms with van der Waals surface area (Å²) in [6.07, 6.45) is 4.04. The van der Waals surface area contributed by atoms with Gasteiger partial charge in [-0.1, -0.05) is 36.0 Å². The summed E-state index contributed by atoms with van der Waals surface area (Å²) in [6, 6.07) is 17.4. The quantitative estimate of drug-likeness (QED) is 0.486. The first kappa shape index (κ1) is 12.8. The zero-order valence-electron chi connectivity index (χ0n) is 12.7. The molecule has 0 spiro atoms. The van der Waals surface area contributed by atoms with Crippen LogP contribution in [0.2, 0.25) is 0 Å². The normalized spacial score (nSPS) is 21.2. The van der Waals surface area contributed by atoms with Crippen LogP contribution in [-0.4, -0.2) is 10.1 Å². The van der Waals surface area contributed by atoms with Gasteiger partial charge in [-0.3, -0.25) is 4.79 Å². The van der Waals surface area contributed by atoms with E-state index in [0.29, 0.717) is 0 Å². The van der Waals surface area contributed by atoms with E-state index in [1.54, 1.807) is 0 Å². The van der Waals surface area contributed by atoms with E-state index in [9.17, 15) is 4.79 Å². The number of rotatable bonds is 0. The lowest BCUT2D eigenvalue weighted by Gasteiger charge is -2.38. The summed E-state index contributed by atoms with van der Waals surface area (Å²) >= 11 is 1.49. The number of nitrogens with one attached hydrogen (secondary N) is 1. The third-order valence-corrected chi connectivity index (χ3v) is 6.59. The molecular formula is C21H13NOS. The number of thioether (sulfide) groups is 1. The average Bonchev–Trinajstić information content (AvgIpc) is 3.06. The summed E-state index contributed by atoms with van der Waals surface area (Å²) in [6.45, 7) is 0. The van der Waals surface area contributed by atoms with Crippen LogP contribution in [0.1, 0.15) is 33.4 Å². The van der Waals surface area contributed by atoms with Gasteiger partial charge in [0, 0.05) is 12.4 Å². The Labute approximate surface area is 142 Å². The molecule has 4 aromatic rings. The van der Waals surface area contributed by atoms with Crippen LogP contribution in [-0.2, 0) is 4.79 Å². The maximum atomic E-state index is 12.7. The smallest absolute Gasteiger partial charge is 0.201 e. The van der Waals surface area contributed by atoms with E-state index in [0.717, 1.165) is 0 Å². The first-order valence-corrected chi connectivity index (χ1v) is 9.01. The number of benzene rings is 3. The van der Waals surface area contributed by atoms with Crippen LogP contribution < -0.4 is 0 Å². The number of aromatic nitrogens is 1. The Kier molecular flexibility index (Phi) is 2.31. The molecule has 2 unspecified atom stereocenters. The van der Waals surface area contributed by atoms with E-state index in [1.165, 1.54) is 55.6 Å². The monoisotopic (exact) mass is 327 g/mol. The molecule has 1 N–H and O–H groups in total. The molecule has 2 bridgehead atoms. The van der Waals surface area contributed by atoms with Crippen molar-refractivity contribution < 1.29 is 4.79 Å². The maximum Gasteiger partial charge on any atom is 0.201 e. The molecule has 3 aliphatic rings. The summed E-state index contributed by atoms with van der Waals surface area (Å²) in [5.41, 5.74) is 5.01. The minimum atomic E-state index is -0.131. The molecule has 114 valence electrons. The van der Waals surface area contributed by atoms with E-state index in [4.69, 9.17) is 0 Å². The predicted octanol–water partition coefficient (Wildman–Crippen LogP) is 5.13. The molecule has 2 atom stereocenters. The van der Waals surface area contributed by atoms with Gasteiger partial charge in [0.05, 0.1) is 11.2 Å². The topological polar surface area (TPSA) is 32.9 Å². The highest BCUT2D eigenvalue weighted by atomic mass is 32.2. The van der Waals surface area contributed by atoms with Gasteiger partial charge in [-0.25, -0.2) is 0 Å². The fourth-order valence-corrected chi connectivity index (χ4v) is 5.55. The van der Waals surface area contributed by atoms with Crippen LogP contribution >= 0.6 is 11.8 Å². The number of hydrogen-bond acceptors (Lipinski definition) is 2. The van der Waals surface area contributed by atoms with E-state index in [1.807, 2.05) is 12.4 Å². The highest BCUT2D eigenvalue weighted by Crippen LogP contribution is 2.57. The van der Waals surface area contributed by atoms with Crippen LogP contribution in [0.4, 0.5) is 0 Å². The lowest BCUT2D eigenvalue weighted by atomic mass is 9.76. The number of fused-ring (bicyclic) bond motifs is 3. The Morgan fingerprint density at radius 2 is 1.29 bits per heavy atom. The molecule has 24 heavy (non-hydrogen) atoms. The fraction of sp³-hybridized carbons (Fsp3) is 0.0952. The second kappa shape index (κ2) is 4.31. The van der Waals surface area contributed by atoms with Gasteiger partial charge in [0.25, 0.3) is 0 Å². The molecule has 0 radical (unpaired) electrons. The van der Waals surface area contributed by atoms with Crippen molar-refractivity contribution in [2.24, 2.45) is 0 Å². The lowest BCUT2D eigenvalue weighted by Crippen LogP contribution is -2.28. The van der Waals surface area contributed by atoms with Gasteiger partial charge in [0.15, 0.2) is 0 Å². The third-order valence-electron chi connectivity index (χ3n) is 5.37. The number of H-pyrrole nitrogens is 1. The first-order chi connectivity index (χ1) is 11.8. The van der Waals surface area contributed by atoms with Gasteiger partial charge < -0.3 is 4.98 Å². The molecule has 1 aromatic heterocycles. The summed E-state index contributed by atoms with van der Waals surface area (Å²) in [7, 11) is 0. The summed E-state index contributed by atoms with van der Waals surface area (Å²) in [5.74, 6) is -0.131. The average molecular weight is 327 g/mol. The Balaban J connectivity index is 1.71. The van der Waals surface area contributed by atoms with Crippen molar-refractivity contribution in [2.75, 3.05) is 0 Å². The molecule has 3 aromatic carbocycles. The molecular weight excluding hydrogens is 314 g/mol. The van der Waals surface area contributed by atoms with Gasteiger partial charge in [-0.2, -0.15) is 0 Å². The summed E-state index contributed by atoms with van der Waals surface area (Å²) in [4.78, 5) is 15.9. The van der Waals surface area contributed by atoms with Gasteiger partial charge in [0.1, 0.15) is 0 Å². The predicted molar refractivity (Wildman–Crippen MR) is 98.5 cm³/mol. The van der Waals surface area contributed by atoms with Crippen LogP contribution in [0.3, 0.4) is 0 Å². The van der Waals surface area contributed by atoms with E-state index >= 15 is 0 Å². The number of aromatic amines is 1. The zero-order valence-corrected chi connectivity index (χ0v) is 13.6. The van der Waals surface area contributed by atoms with Crippen LogP contribution in [0.5, 0.6) is 0 Å². The van der Waals surface area contributed by atoms with Crippen molar-refractivity contribution in [3.8, 4) is 0 Å². The van der Waals surface area contributed by atoms with Gasteiger partial charge >= 0.3 is 0 Å². The lowest BCUT2D eigenvalue weighted by molar-refractivity contribution is -0.111. The zero-order chi connectivity index (χ0) is 15.8. The molecule has 0 saturated heterocycles. The van der Waals surface area contributed by atoms with E-state index in [2.05, 4.69) is 53.5 Å². The Hall–Kier alpha value is -2.52. The first-order valence-electron chi connectivity index (χ1n) is 8.13. The summed E-state index contributed by atoms with van der Waals surface area (Å²) < 4.78 is 0. The molecule has 0 fully saturated rings.